The second-order valence-corrected chi connectivity index (χ2v) is 6.14. The Hall–Kier alpha value is -2.21. The molecule has 1 aliphatic heterocycles. The number of aromatic nitrogens is 3. The van der Waals surface area contributed by atoms with Crippen molar-refractivity contribution >= 4 is 22.2 Å². The summed E-state index contributed by atoms with van der Waals surface area (Å²) in [5.41, 5.74) is 2.55. The van der Waals surface area contributed by atoms with Crippen molar-refractivity contribution in [3.63, 3.8) is 0 Å². The zero-order valence-electron chi connectivity index (χ0n) is 11.6. The fraction of sp³-hybridized carbons (Fsp3) is 0.267. The molecule has 5 nitrogen and oxygen atoms in total. The molecular formula is C15H14N4OS. The van der Waals surface area contributed by atoms with E-state index in [9.17, 15) is 4.79 Å². The van der Waals surface area contributed by atoms with Crippen LogP contribution >= 0.6 is 11.3 Å². The molecule has 4 heterocycles. The molecule has 0 bridgehead atoms. The van der Waals surface area contributed by atoms with Crippen LogP contribution in [0.5, 0.6) is 0 Å². The first kappa shape index (κ1) is 12.5. The third-order valence-electron chi connectivity index (χ3n) is 3.91. The fourth-order valence-electron chi connectivity index (χ4n) is 2.75. The Kier molecular flexibility index (Phi) is 2.78. The van der Waals surface area contributed by atoms with Crippen molar-refractivity contribution in [2.45, 2.75) is 12.8 Å². The van der Waals surface area contributed by atoms with Gasteiger partial charge < -0.3 is 4.90 Å². The summed E-state index contributed by atoms with van der Waals surface area (Å²) in [6.45, 7) is 3.35. The van der Waals surface area contributed by atoms with Crippen molar-refractivity contribution in [3.05, 3.63) is 53.1 Å². The number of aryl methyl sites for hydroxylation is 1. The quantitative estimate of drug-likeness (QED) is 0.729. The van der Waals surface area contributed by atoms with Crippen LogP contribution < -0.4 is 0 Å². The third kappa shape index (κ3) is 1.94. The average Bonchev–Trinajstić information content (AvgIpc) is 2.97. The van der Waals surface area contributed by atoms with Crippen LogP contribution in [0, 0.1) is 6.92 Å². The zero-order valence-corrected chi connectivity index (χ0v) is 12.4. The molecule has 0 aliphatic carbocycles. The van der Waals surface area contributed by atoms with E-state index in [0.29, 0.717) is 11.6 Å². The highest BCUT2D eigenvalue weighted by Gasteiger charge is 2.35. The van der Waals surface area contributed by atoms with Crippen molar-refractivity contribution in [2.24, 2.45) is 0 Å². The summed E-state index contributed by atoms with van der Waals surface area (Å²) >= 11 is 1.55. The lowest BCUT2D eigenvalue weighted by Gasteiger charge is -2.38. The van der Waals surface area contributed by atoms with E-state index >= 15 is 0 Å². The molecule has 3 aromatic heterocycles. The molecule has 0 spiro atoms. The van der Waals surface area contributed by atoms with Crippen LogP contribution in [-0.4, -0.2) is 38.3 Å². The topological polar surface area (TPSA) is 50.5 Å². The second-order valence-electron chi connectivity index (χ2n) is 5.26. The fourth-order valence-corrected chi connectivity index (χ4v) is 3.51. The maximum Gasteiger partial charge on any atom is 0.272 e. The molecule has 0 N–H and O–H groups in total. The van der Waals surface area contributed by atoms with Crippen LogP contribution in [0.25, 0.3) is 4.96 Å². The largest absolute Gasteiger partial charge is 0.336 e. The maximum absolute atomic E-state index is 12.6. The molecule has 0 unspecified atom stereocenters. The highest BCUT2D eigenvalue weighted by molar-refractivity contribution is 7.15. The molecule has 1 aliphatic rings. The number of hydrogen-bond acceptors (Lipinski definition) is 4. The molecule has 106 valence electrons. The minimum atomic E-state index is 0.0607. The van der Waals surface area contributed by atoms with Crippen LogP contribution in [0.15, 0.2) is 36.0 Å². The summed E-state index contributed by atoms with van der Waals surface area (Å²) in [6, 6.07) is 5.92. The van der Waals surface area contributed by atoms with Gasteiger partial charge in [-0.25, -0.2) is 4.98 Å². The lowest BCUT2D eigenvalue weighted by molar-refractivity contribution is 0.0590. The van der Waals surface area contributed by atoms with Crippen molar-refractivity contribution in [1.29, 1.82) is 0 Å². The molecule has 21 heavy (non-hydrogen) atoms. The number of pyridine rings is 1. The number of nitrogens with zero attached hydrogens (tertiary/aromatic N) is 4. The van der Waals surface area contributed by atoms with Crippen molar-refractivity contribution < 1.29 is 4.79 Å². The molecule has 3 aromatic rings. The first-order valence-electron chi connectivity index (χ1n) is 6.86. The predicted molar refractivity (Wildman–Crippen MR) is 80.7 cm³/mol. The normalized spacial score (nSPS) is 15.4. The van der Waals surface area contributed by atoms with Crippen molar-refractivity contribution in [1.82, 2.24) is 19.3 Å². The van der Waals surface area contributed by atoms with Gasteiger partial charge in [-0.1, -0.05) is 6.07 Å². The number of amides is 1. The van der Waals surface area contributed by atoms with E-state index in [0.717, 1.165) is 29.4 Å². The molecule has 0 radical (unpaired) electrons. The minimum absolute atomic E-state index is 0.0607. The lowest BCUT2D eigenvalue weighted by atomic mass is 9.95. The third-order valence-corrected chi connectivity index (χ3v) is 4.67. The summed E-state index contributed by atoms with van der Waals surface area (Å²) < 4.78 is 1.89. The van der Waals surface area contributed by atoms with E-state index in [4.69, 9.17) is 0 Å². The summed E-state index contributed by atoms with van der Waals surface area (Å²) in [5.74, 6) is 0.409. The lowest BCUT2D eigenvalue weighted by Crippen LogP contribution is -2.49. The van der Waals surface area contributed by atoms with E-state index < -0.39 is 0 Å². The first-order valence-corrected chi connectivity index (χ1v) is 7.74. The molecular weight excluding hydrogens is 284 g/mol. The molecule has 1 fully saturated rings. The maximum atomic E-state index is 12.6. The van der Waals surface area contributed by atoms with Crippen LogP contribution in [0.2, 0.25) is 0 Å². The standard InChI is InChI=1S/C15H14N4OS/c1-10-13(19-6-7-21-15(19)17-10)14(20)18-8-11(9-18)12-4-2-3-5-16-12/h2-7,11H,8-9H2,1H3. The van der Waals surface area contributed by atoms with Gasteiger partial charge in [0.05, 0.1) is 5.69 Å². The van der Waals surface area contributed by atoms with Crippen LogP contribution in [0.3, 0.4) is 0 Å². The zero-order chi connectivity index (χ0) is 14.4. The van der Waals surface area contributed by atoms with E-state index in [1.807, 2.05) is 46.0 Å². The second kappa shape index (κ2) is 4.66. The summed E-state index contributed by atoms with van der Waals surface area (Å²) in [4.78, 5) is 24.2. The predicted octanol–water partition coefficient (Wildman–Crippen LogP) is 2.34. The van der Waals surface area contributed by atoms with Gasteiger partial charge in [-0.3, -0.25) is 14.2 Å². The first-order chi connectivity index (χ1) is 10.2. The van der Waals surface area contributed by atoms with Gasteiger partial charge in [0.25, 0.3) is 5.91 Å². The van der Waals surface area contributed by atoms with Gasteiger partial charge in [0.15, 0.2) is 4.96 Å². The van der Waals surface area contributed by atoms with E-state index in [2.05, 4.69) is 9.97 Å². The number of likely N-dealkylation sites (tertiary alicyclic amines) is 1. The Labute approximate surface area is 125 Å². The smallest absolute Gasteiger partial charge is 0.272 e. The van der Waals surface area contributed by atoms with Gasteiger partial charge >= 0.3 is 0 Å². The molecule has 1 amide bonds. The molecule has 0 atom stereocenters. The number of rotatable bonds is 2. The van der Waals surface area contributed by atoms with Gasteiger partial charge in [-0.05, 0) is 19.1 Å². The number of imidazole rings is 1. The van der Waals surface area contributed by atoms with Crippen LogP contribution in [0.4, 0.5) is 0 Å². The Morgan fingerprint density at radius 3 is 3.00 bits per heavy atom. The summed E-state index contributed by atoms with van der Waals surface area (Å²) in [6.07, 6.45) is 3.71. The van der Waals surface area contributed by atoms with Crippen LogP contribution in [0.1, 0.15) is 27.8 Å². The Balaban J connectivity index is 1.55. The molecule has 1 saturated heterocycles. The molecule has 4 rings (SSSR count). The molecule has 6 heteroatoms. The monoisotopic (exact) mass is 298 g/mol. The number of hydrogen-bond donors (Lipinski definition) is 0. The Morgan fingerprint density at radius 1 is 1.38 bits per heavy atom. The van der Waals surface area contributed by atoms with E-state index in [1.54, 1.807) is 17.5 Å². The highest BCUT2D eigenvalue weighted by atomic mass is 32.1. The number of carbonyl (C=O) groups excluding carboxylic acids is 1. The van der Waals surface area contributed by atoms with E-state index in [-0.39, 0.29) is 5.91 Å². The summed E-state index contributed by atoms with van der Waals surface area (Å²) in [5, 5.41) is 1.95. The van der Waals surface area contributed by atoms with Gasteiger partial charge in [-0.2, -0.15) is 0 Å². The molecule has 0 saturated carbocycles. The number of fused-ring (bicyclic) bond motifs is 1. The Morgan fingerprint density at radius 2 is 2.24 bits per heavy atom. The van der Waals surface area contributed by atoms with Gasteiger partial charge in [0, 0.05) is 42.5 Å². The number of carbonyl (C=O) groups is 1. The van der Waals surface area contributed by atoms with E-state index in [1.165, 1.54) is 0 Å². The van der Waals surface area contributed by atoms with Gasteiger partial charge in [0.2, 0.25) is 0 Å². The number of thiazole rings is 1. The van der Waals surface area contributed by atoms with Crippen molar-refractivity contribution in [2.75, 3.05) is 13.1 Å². The molecule has 0 aromatic carbocycles. The van der Waals surface area contributed by atoms with Crippen LogP contribution in [-0.2, 0) is 0 Å². The van der Waals surface area contributed by atoms with Crippen molar-refractivity contribution in [3.8, 4) is 0 Å². The average molecular weight is 298 g/mol. The SMILES string of the molecule is Cc1nc2sccn2c1C(=O)N1CC(c2ccccn2)C1. The highest BCUT2D eigenvalue weighted by Crippen LogP contribution is 2.28. The van der Waals surface area contributed by atoms with Gasteiger partial charge in [-0.15, -0.1) is 11.3 Å². The summed E-state index contributed by atoms with van der Waals surface area (Å²) in [7, 11) is 0. The van der Waals surface area contributed by atoms with Gasteiger partial charge in [0.1, 0.15) is 5.69 Å². The Bertz CT molecular complexity index is 802. The minimum Gasteiger partial charge on any atom is -0.336 e.